The molecule has 0 bridgehead atoms. The number of carbonyl (C=O) groups excluding carboxylic acids is 2. The lowest BCUT2D eigenvalue weighted by Gasteiger charge is -2.19. The molecule has 0 saturated carbocycles. The maximum absolute atomic E-state index is 12.5. The molecule has 0 atom stereocenters. The Balaban J connectivity index is 1.44. The highest BCUT2D eigenvalue weighted by molar-refractivity contribution is 5.85. The fourth-order valence-corrected chi connectivity index (χ4v) is 3.14. The van der Waals surface area contributed by atoms with Crippen LogP contribution in [0.1, 0.15) is 16.7 Å². The van der Waals surface area contributed by atoms with E-state index in [0.29, 0.717) is 26.2 Å². The van der Waals surface area contributed by atoms with E-state index < -0.39 is 0 Å². The quantitative estimate of drug-likeness (QED) is 0.834. The van der Waals surface area contributed by atoms with Gasteiger partial charge in [-0.05, 0) is 30.0 Å². The standard InChI is InChI=1S/C21H25N3O2/c1-17-7-5-6-10-19(17)15-23-13-14-24(21(23)26)16-20(25)22-12-11-18-8-3-2-4-9-18/h2-10H,11-16H2,1H3,(H,22,25). The Bertz CT molecular complexity index is 761. The molecule has 1 saturated heterocycles. The third-order valence-corrected chi connectivity index (χ3v) is 4.72. The van der Waals surface area contributed by atoms with Gasteiger partial charge in [-0.2, -0.15) is 0 Å². The lowest BCUT2D eigenvalue weighted by atomic mass is 10.1. The van der Waals surface area contributed by atoms with E-state index in [9.17, 15) is 9.59 Å². The summed E-state index contributed by atoms with van der Waals surface area (Å²) in [6, 6.07) is 18.0. The van der Waals surface area contributed by atoms with Crippen molar-refractivity contribution < 1.29 is 9.59 Å². The van der Waals surface area contributed by atoms with Crippen molar-refractivity contribution in [3.63, 3.8) is 0 Å². The zero-order chi connectivity index (χ0) is 18.4. The van der Waals surface area contributed by atoms with E-state index in [4.69, 9.17) is 0 Å². The number of carbonyl (C=O) groups is 2. The van der Waals surface area contributed by atoms with Gasteiger partial charge in [0, 0.05) is 26.2 Å². The van der Waals surface area contributed by atoms with Crippen molar-refractivity contribution in [2.24, 2.45) is 0 Å². The summed E-state index contributed by atoms with van der Waals surface area (Å²) in [7, 11) is 0. The molecule has 0 aromatic heterocycles. The molecule has 2 aromatic carbocycles. The number of urea groups is 1. The summed E-state index contributed by atoms with van der Waals surface area (Å²) >= 11 is 0. The van der Waals surface area contributed by atoms with Crippen LogP contribution >= 0.6 is 0 Å². The van der Waals surface area contributed by atoms with Crippen molar-refractivity contribution in [1.29, 1.82) is 0 Å². The van der Waals surface area contributed by atoms with Gasteiger partial charge in [0.2, 0.25) is 5.91 Å². The van der Waals surface area contributed by atoms with Gasteiger partial charge in [-0.25, -0.2) is 4.79 Å². The van der Waals surface area contributed by atoms with Crippen LogP contribution in [-0.2, 0) is 17.8 Å². The van der Waals surface area contributed by atoms with Crippen molar-refractivity contribution in [2.45, 2.75) is 19.9 Å². The highest BCUT2D eigenvalue weighted by Gasteiger charge is 2.29. The number of hydrogen-bond donors (Lipinski definition) is 1. The molecule has 0 radical (unpaired) electrons. The molecule has 1 heterocycles. The monoisotopic (exact) mass is 351 g/mol. The Kier molecular flexibility index (Phi) is 5.89. The van der Waals surface area contributed by atoms with Gasteiger partial charge in [-0.15, -0.1) is 0 Å². The first kappa shape index (κ1) is 18.0. The number of benzene rings is 2. The maximum Gasteiger partial charge on any atom is 0.320 e. The van der Waals surface area contributed by atoms with Gasteiger partial charge in [0.1, 0.15) is 6.54 Å². The van der Waals surface area contributed by atoms with Crippen LogP contribution in [0.25, 0.3) is 0 Å². The van der Waals surface area contributed by atoms with Crippen LogP contribution in [0.2, 0.25) is 0 Å². The second kappa shape index (κ2) is 8.52. The van der Waals surface area contributed by atoms with E-state index in [1.54, 1.807) is 9.80 Å². The van der Waals surface area contributed by atoms with Crippen LogP contribution < -0.4 is 5.32 Å². The molecule has 0 spiro atoms. The number of amides is 3. The average molecular weight is 351 g/mol. The normalized spacial score (nSPS) is 14.0. The fraction of sp³-hybridized carbons (Fsp3) is 0.333. The van der Waals surface area contributed by atoms with Crippen molar-refractivity contribution in [3.8, 4) is 0 Å². The Morgan fingerprint density at radius 3 is 2.46 bits per heavy atom. The molecule has 3 rings (SSSR count). The lowest BCUT2D eigenvalue weighted by Crippen LogP contribution is -2.40. The maximum atomic E-state index is 12.5. The minimum absolute atomic E-state index is 0.0635. The molecule has 1 aliphatic heterocycles. The minimum Gasteiger partial charge on any atom is -0.354 e. The molecule has 1 aliphatic rings. The van der Waals surface area contributed by atoms with E-state index >= 15 is 0 Å². The first-order valence-electron chi connectivity index (χ1n) is 9.02. The summed E-state index contributed by atoms with van der Waals surface area (Å²) in [5.41, 5.74) is 3.52. The molecule has 2 aromatic rings. The number of nitrogens with one attached hydrogen (secondary N) is 1. The summed E-state index contributed by atoms with van der Waals surface area (Å²) in [6.45, 7) is 4.60. The molecule has 1 fully saturated rings. The lowest BCUT2D eigenvalue weighted by molar-refractivity contribution is -0.121. The van der Waals surface area contributed by atoms with Gasteiger partial charge in [-0.1, -0.05) is 54.6 Å². The summed E-state index contributed by atoms with van der Waals surface area (Å²) in [5.74, 6) is -0.105. The molecule has 5 heteroatoms. The SMILES string of the molecule is Cc1ccccc1CN1CCN(CC(=O)NCCc2ccccc2)C1=O. The van der Waals surface area contributed by atoms with E-state index in [2.05, 4.69) is 5.32 Å². The van der Waals surface area contributed by atoms with Crippen molar-refractivity contribution in [3.05, 3.63) is 71.3 Å². The van der Waals surface area contributed by atoms with Gasteiger partial charge in [0.05, 0.1) is 0 Å². The zero-order valence-corrected chi connectivity index (χ0v) is 15.1. The van der Waals surface area contributed by atoms with E-state index in [1.807, 2.05) is 61.5 Å². The topological polar surface area (TPSA) is 52.6 Å². The second-order valence-corrected chi connectivity index (χ2v) is 6.64. The minimum atomic E-state index is -0.105. The third-order valence-electron chi connectivity index (χ3n) is 4.72. The summed E-state index contributed by atoms with van der Waals surface area (Å²) in [4.78, 5) is 28.1. The average Bonchev–Trinajstić information content (AvgIpc) is 2.98. The molecule has 5 nitrogen and oxygen atoms in total. The number of rotatable bonds is 7. The molecule has 3 amide bonds. The molecule has 1 N–H and O–H groups in total. The van der Waals surface area contributed by atoms with Gasteiger partial charge in [-0.3, -0.25) is 4.79 Å². The van der Waals surface area contributed by atoms with E-state index in [0.717, 1.165) is 12.0 Å². The molecule has 136 valence electrons. The predicted molar refractivity (Wildman–Crippen MR) is 102 cm³/mol. The molecular formula is C21H25N3O2. The molecular weight excluding hydrogens is 326 g/mol. The number of aryl methyl sites for hydroxylation is 1. The Morgan fingerprint density at radius 1 is 1.00 bits per heavy atom. The Hall–Kier alpha value is -2.82. The van der Waals surface area contributed by atoms with Crippen LogP contribution in [0.15, 0.2) is 54.6 Å². The zero-order valence-electron chi connectivity index (χ0n) is 15.1. The van der Waals surface area contributed by atoms with Gasteiger partial charge in [0.25, 0.3) is 0 Å². The van der Waals surface area contributed by atoms with Crippen LogP contribution in [0.5, 0.6) is 0 Å². The largest absolute Gasteiger partial charge is 0.354 e. The highest BCUT2D eigenvalue weighted by atomic mass is 16.2. The van der Waals surface area contributed by atoms with Crippen molar-refractivity contribution in [2.75, 3.05) is 26.2 Å². The van der Waals surface area contributed by atoms with Gasteiger partial charge in [0.15, 0.2) is 0 Å². The predicted octanol–water partition coefficient (Wildman–Crippen LogP) is 2.59. The molecule has 26 heavy (non-hydrogen) atoms. The summed E-state index contributed by atoms with van der Waals surface area (Å²) in [6.07, 6.45) is 0.792. The highest BCUT2D eigenvalue weighted by Crippen LogP contribution is 2.15. The van der Waals surface area contributed by atoms with Crippen molar-refractivity contribution in [1.82, 2.24) is 15.1 Å². The van der Waals surface area contributed by atoms with E-state index in [1.165, 1.54) is 11.1 Å². The Morgan fingerprint density at radius 2 is 1.69 bits per heavy atom. The third kappa shape index (κ3) is 4.63. The smallest absolute Gasteiger partial charge is 0.320 e. The summed E-state index contributed by atoms with van der Waals surface area (Å²) < 4.78 is 0. The first-order chi connectivity index (χ1) is 12.6. The van der Waals surface area contributed by atoms with Crippen LogP contribution in [0.3, 0.4) is 0 Å². The van der Waals surface area contributed by atoms with Crippen LogP contribution in [0, 0.1) is 6.92 Å². The van der Waals surface area contributed by atoms with Crippen LogP contribution in [-0.4, -0.2) is 47.9 Å². The first-order valence-corrected chi connectivity index (χ1v) is 9.02. The van der Waals surface area contributed by atoms with Crippen molar-refractivity contribution >= 4 is 11.9 Å². The fourth-order valence-electron chi connectivity index (χ4n) is 3.14. The second-order valence-electron chi connectivity index (χ2n) is 6.64. The van der Waals surface area contributed by atoms with Gasteiger partial charge < -0.3 is 15.1 Å². The molecule has 0 unspecified atom stereocenters. The number of nitrogens with zero attached hydrogens (tertiary/aromatic N) is 2. The van der Waals surface area contributed by atoms with Crippen LogP contribution in [0.4, 0.5) is 4.79 Å². The Labute approximate surface area is 154 Å². The summed E-state index contributed by atoms with van der Waals surface area (Å²) in [5, 5.41) is 2.90. The number of hydrogen-bond acceptors (Lipinski definition) is 2. The van der Waals surface area contributed by atoms with E-state index in [-0.39, 0.29) is 18.5 Å². The molecule has 0 aliphatic carbocycles. The van der Waals surface area contributed by atoms with Gasteiger partial charge >= 0.3 is 6.03 Å².